The van der Waals surface area contributed by atoms with E-state index in [-0.39, 0.29) is 5.91 Å². The van der Waals surface area contributed by atoms with Crippen LogP contribution in [-0.4, -0.2) is 10.9 Å². The molecule has 4 nitrogen and oxygen atoms in total. The number of aromatic nitrogens is 1. The van der Waals surface area contributed by atoms with Crippen molar-refractivity contribution in [3.05, 3.63) is 83.2 Å². The monoisotopic (exact) mass is 338 g/mol. The van der Waals surface area contributed by atoms with Crippen LogP contribution in [0.15, 0.2) is 71.5 Å². The molecule has 2 aromatic heterocycles. The van der Waals surface area contributed by atoms with Gasteiger partial charge in [0.1, 0.15) is 5.69 Å². The lowest BCUT2D eigenvalue weighted by molar-refractivity contribution is -0.116. The molecule has 0 unspecified atom stereocenters. The average Bonchev–Trinajstić information content (AvgIpc) is 3.14. The predicted octanol–water partition coefficient (Wildman–Crippen LogP) is 4.32. The largest absolute Gasteiger partial charge is 0.463 e. The zero-order chi connectivity index (χ0) is 16.8. The van der Waals surface area contributed by atoms with Gasteiger partial charge in [0, 0.05) is 23.8 Å². The Hall–Kier alpha value is -2.85. The van der Waals surface area contributed by atoms with E-state index in [9.17, 15) is 4.79 Å². The molecule has 0 spiro atoms. The molecule has 1 aromatic carbocycles. The first-order valence-electron chi connectivity index (χ1n) is 7.41. The molecule has 0 aliphatic carbocycles. The molecule has 0 aliphatic heterocycles. The van der Waals surface area contributed by atoms with Gasteiger partial charge in [0.15, 0.2) is 5.76 Å². The molecule has 0 saturated heterocycles. The van der Waals surface area contributed by atoms with Gasteiger partial charge >= 0.3 is 0 Å². The molecule has 120 valence electrons. The molecule has 2 heterocycles. The zero-order valence-corrected chi connectivity index (χ0v) is 13.5. The van der Waals surface area contributed by atoms with E-state index in [0.717, 1.165) is 16.8 Å². The van der Waals surface area contributed by atoms with E-state index in [0.29, 0.717) is 17.3 Å². The maximum atomic E-state index is 11.9. The van der Waals surface area contributed by atoms with Crippen LogP contribution in [0, 0.1) is 0 Å². The summed E-state index contributed by atoms with van der Waals surface area (Å²) in [5, 5.41) is 3.51. The third-order valence-corrected chi connectivity index (χ3v) is 3.61. The van der Waals surface area contributed by atoms with Crippen molar-refractivity contribution in [2.24, 2.45) is 0 Å². The van der Waals surface area contributed by atoms with E-state index in [4.69, 9.17) is 16.0 Å². The van der Waals surface area contributed by atoms with Crippen LogP contribution in [0.3, 0.4) is 0 Å². The smallest absolute Gasteiger partial charge is 0.244 e. The number of amides is 1. The molecule has 5 heteroatoms. The number of furan rings is 1. The normalized spacial score (nSPS) is 10.9. The van der Waals surface area contributed by atoms with Gasteiger partial charge in [-0.05, 0) is 53.6 Å². The third-order valence-electron chi connectivity index (χ3n) is 3.36. The standard InChI is InChI=1S/C19H15ClN2O2/c20-16-6-3-14(4-7-16)5-8-19(23)22-13-15-9-10-21-17(12-15)18-2-1-11-24-18/h1-12H,13H2,(H,22,23)/b8-5+. The van der Waals surface area contributed by atoms with E-state index in [1.54, 1.807) is 30.7 Å². The van der Waals surface area contributed by atoms with Gasteiger partial charge in [-0.1, -0.05) is 23.7 Å². The number of hydrogen-bond acceptors (Lipinski definition) is 3. The minimum atomic E-state index is -0.165. The van der Waals surface area contributed by atoms with E-state index in [1.165, 1.54) is 6.08 Å². The Morgan fingerprint density at radius 2 is 2.04 bits per heavy atom. The Balaban J connectivity index is 1.58. The van der Waals surface area contributed by atoms with Crippen LogP contribution in [0.4, 0.5) is 0 Å². The fourth-order valence-corrected chi connectivity index (χ4v) is 2.26. The molecule has 3 rings (SSSR count). The Bertz CT molecular complexity index is 840. The summed E-state index contributed by atoms with van der Waals surface area (Å²) in [5.41, 5.74) is 2.60. The lowest BCUT2D eigenvalue weighted by atomic mass is 10.2. The van der Waals surface area contributed by atoms with Crippen LogP contribution in [0.5, 0.6) is 0 Å². The summed E-state index contributed by atoms with van der Waals surface area (Å²) < 4.78 is 5.33. The second-order valence-electron chi connectivity index (χ2n) is 5.13. The molecule has 3 aromatic rings. The summed E-state index contributed by atoms with van der Waals surface area (Å²) in [4.78, 5) is 16.2. The molecule has 1 amide bonds. The second kappa shape index (κ2) is 7.62. The lowest BCUT2D eigenvalue weighted by Crippen LogP contribution is -2.20. The molecular weight excluding hydrogens is 324 g/mol. The second-order valence-corrected chi connectivity index (χ2v) is 5.57. The quantitative estimate of drug-likeness (QED) is 0.705. The first kappa shape index (κ1) is 16.0. The van der Waals surface area contributed by atoms with Crippen molar-refractivity contribution in [1.82, 2.24) is 10.3 Å². The topological polar surface area (TPSA) is 55.1 Å². The van der Waals surface area contributed by atoms with Gasteiger partial charge < -0.3 is 9.73 Å². The Morgan fingerprint density at radius 1 is 1.21 bits per heavy atom. The molecule has 0 saturated carbocycles. The van der Waals surface area contributed by atoms with Crippen molar-refractivity contribution in [2.45, 2.75) is 6.54 Å². The summed E-state index contributed by atoms with van der Waals surface area (Å²) in [5.74, 6) is 0.534. The van der Waals surface area contributed by atoms with Gasteiger partial charge in [-0.2, -0.15) is 0 Å². The minimum absolute atomic E-state index is 0.165. The Labute approximate surface area is 144 Å². The lowest BCUT2D eigenvalue weighted by Gasteiger charge is -2.04. The average molecular weight is 339 g/mol. The number of carbonyl (C=O) groups excluding carboxylic acids is 1. The van der Waals surface area contributed by atoms with Gasteiger partial charge in [0.05, 0.1) is 6.26 Å². The molecule has 0 fully saturated rings. The summed E-state index contributed by atoms with van der Waals surface area (Å²) in [6.07, 6.45) is 6.54. The number of nitrogens with one attached hydrogen (secondary N) is 1. The summed E-state index contributed by atoms with van der Waals surface area (Å²) in [7, 11) is 0. The minimum Gasteiger partial charge on any atom is -0.463 e. The van der Waals surface area contributed by atoms with E-state index in [2.05, 4.69) is 10.3 Å². The fraction of sp³-hybridized carbons (Fsp3) is 0.0526. The number of carbonyl (C=O) groups is 1. The van der Waals surface area contributed by atoms with Gasteiger partial charge in [0.25, 0.3) is 0 Å². The van der Waals surface area contributed by atoms with E-state index < -0.39 is 0 Å². The number of rotatable bonds is 5. The number of halogens is 1. The highest BCUT2D eigenvalue weighted by atomic mass is 35.5. The molecular formula is C19H15ClN2O2. The van der Waals surface area contributed by atoms with Gasteiger partial charge in [-0.15, -0.1) is 0 Å². The van der Waals surface area contributed by atoms with Crippen molar-refractivity contribution in [3.63, 3.8) is 0 Å². The van der Waals surface area contributed by atoms with Crippen molar-refractivity contribution < 1.29 is 9.21 Å². The zero-order valence-electron chi connectivity index (χ0n) is 12.8. The number of hydrogen-bond donors (Lipinski definition) is 1. The molecule has 1 N–H and O–H groups in total. The van der Waals surface area contributed by atoms with Crippen molar-refractivity contribution >= 4 is 23.6 Å². The highest BCUT2D eigenvalue weighted by Gasteiger charge is 2.04. The molecule has 0 radical (unpaired) electrons. The fourth-order valence-electron chi connectivity index (χ4n) is 2.14. The highest BCUT2D eigenvalue weighted by Crippen LogP contribution is 2.18. The Morgan fingerprint density at radius 3 is 2.79 bits per heavy atom. The van der Waals surface area contributed by atoms with Crippen LogP contribution < -0.4 is 5.32 Å². The summed E-state index contributed by atoms with van der Waals surface area (Å²) in [6, 6.07) is 14.7. The van der Waals surface area contributed by atoms with Gasteiger partial charge in [-0.3, -0.25) is 9.78 Å². The maximum absolute atomic E-state index is 11.9. The maximum Gasteiger partial charge on any atom is 0.244 e. The van der Waals surface area contributed by atoms with Crippen LogP contribution >= 0.6 is 11.6 Å². The van der Waals surface area contributed by atoms with Crippen molar-refractivity contribution in [3.8, 4) is 11.5 Å². The molecule has 0 atom stereocenters. The summed E-state index contributed by atoms with van der Waals surface area (Å²) in [6.45, 7) is 0.417. The Kier molecular flexibility index (Phi) is 5.08. The number of nitrogens with zero attached hydrogens (tertiary/aromatic N) is 1. The SMILES string of the molecule is O=C(/C=C/c1ccc(Cl)cc1)NCc1ccnc(-c2ccco2)c1. The van der Waals surface area contributed by atoms with Crippen LogP contribution in [0.1, 0.15) is 11.1 Å². The van der Waals surface area contributed by atoms with E-state index >= 15 is 0 Å². The molecule has 0 aliphatic rings. The van der Waals surface area contributed by atoms with Crippen LogP contribution in [-0.2, 0) is 11.3 Å². The van der Waals surface area contributed by atoms with Gasteiger partial charge in [-0.25, -0.2) is 0 Å². The number of pyridine rings is 1. The molecule has 0 bridgehead atoms. The van der Waals surface area contributed by atoms with Gasteiger partial charge in [0.2, 0.25) is 5.91 Å². The number of benzene rings is 1. The van der Waals surface area contributed by atoms with Crippen LogP contribution in [0.2, 0.25) is 5.02 Å². The van der Waals surface area contributed by atoms with Crippen molar-refractivity contribution in [2.75, 3.05) is 0 Å². The predicted molar refractivity (Wildman–Crippen MR) is 94.3 cm³/mol. The third kappa shape index (κ3) is 4.33. The highest BCUT2D eigenvalue weighted by molar-refractivity contribution is 6.30. The molecule has 24 heavy (non-hydrogen) atoms. The summed E-state index contributed by atoms with van der Waals surface area (Å²) >= 11 is 5.83. The first-order chi connectivity index (χ1) is 11.7. The van der Waals surface area contributed by atoms with E-state index in [1.807, 2.05) is 36.4 Å². The first-order valence-corrected chi connectivity index (χ1v) is 7.79. The van der Waals surface area contributed by atoms with Crippen molar-refractivity contribution in [1.29, 1.82) is 0 Å². The van der Waals surface area contributed by atoms with Crippen LogP contribution in [0.25, 0.3) is 17.5 Å².